The molecule has 5 nitrogen and oxygen atoms in total. The molecule has 0 saturated carbocycles. The Morgan fingerprint density at radius 3 is 2.45 bits per heavy atom. The standard InChI is InChI=1S/C22H21FN4OS/c23-19-9-5-4-8-18(19)22(28)27-12-10-26(11-13-27)20-14-24-15-21(25-20)29-16-17-6-2-1-3-7-17/h1-9,14-15H,10-13,16H2. The van der Waals surface area contributed by atoms with Crippen molar-refractivity contribution in [2.45, 2.75) is 10.8 Å². The molecule has 0 spiro atoms. The summed E-state index contributed by atoms with van der Waals surface area (Å²) in [6, 6.07) is 16.4. The molecule has 0 unspecified atom stereocenters. The summed E-state index contributed by atoms with van der Waals surface area (Å²) in [6.45, 7) is 2.33. The summed E-state index contributed by atoms with van der Waals surface area (Å²) in [6.07, 6.45) is 3.52. The molecule has 0 bridgehead atoms. The molecule has 2 heterocycles. The van der Waals surface area contributed by atoms with Crippen molar-refractivity contribution in [3.63, 3.8) is 0 Å². The van der Waals surface area contributed by atoms with Crippen molar-refractivity contribution >= 4 is 23.5 Å². The van der Waals surface area contributed by atoms with Crippen LogP contribution in [0.25, 0.3) is 0 Å². The van der Waals surface area contributed by atoms with Crippen LogP contribution in [0, 0.1) is 5.82 Å². The minimum Gasteiger partial charge on any atom is -0.352 e. The van der Waals surface area contributed by atoms with Crippen LogP contribution in [-0.2, 0) is 5.75 Å². The number of hydrogen-bond donors (Lipinski definition) is 0. The lowest BCUT2D eigenvalue weighted by molar-refractivity contribution is 0.0741. The van der Waals surface area contributed by atoms with E-state index in [0.717, 1.165) is 16.6 Å². The molecule has 7 heteroatoms. The molecule has 1 aromatic heterocycles. The van der Waals surface area contributed by atoms with E-state index >= 15 is 0 Å². The van der Waals surface area contributed by atoms with Crippen molar-refractivity contribution < 1.29 is 9.18 Å². The van der Waals surface area contributed by atoms with Crippen LogP contribution < -0.4 is 4.90 Å². The summed E-state index contributed by atoms with van der Waals surface area (Å²) < 4.78 is 13.9. The number of aromatic nitrogens is 2. The lowest BCUT2D eigenvalue weighted by atomic mass is 10.1. The summed E-state index contributed by atoms with van der Waals surface area (Å²) in [5.41, 5.74) is 1.37. The molecule has 148 valence electrons. The largest absolute Gasteiger partial charge is 0.352 e. The van der Waals surface area contributed by atoms with E-state index in [-0.39, 0.29) is 11.5 Å². The number of anilines is 1. The van der Waals surface area contributed by atoms with Gasteiger partial charge in [0.1, 0.15) is 16.7 Å². The highest BCUT2D eigenvalue weighted by atomic mass is 32.2. The normalized spacial score (nSPS) is 14.1. The smallest absolute Gasteiger partial charge is 0.256 e. The average molecular weight is 409 g/mol. The number of halogens is 1. The Hall–Kier alpha value is -2.93. The van der Waals surface area contributed by atoms with Crippen LogP contribution in [0.1, 0.15) is 15.9 Å². The number of benzene rings is 2. The van der Waals surface area contributed by atoms with E-state index in [9.17, 15) is 9.18 Å². The van der Waals surface area contributed by atoms with E-state index in [4.69, 9.17) is 4.98 Å². The van der Waals surface area contributed by atoms with Gasteiger partial charge in [0.2, 0.25) is 0 Å². The van der Waals surface area contributed by atoms with Gasteiger partial charge in [0.15, 0.2) is 0 Å². The molecular formula is C22H21FN4OS. The lowest BCUT2D eigenvalue weighted by Crippen LogP contribution is -2.49. The molecule has 1 fully saturated rings. The minimum atomic E-state index is -0.478. The molecule has 1 aliphatic rings. The molecule has 1 aliphatic heterocycles. The number of piperazine rings is 1. The number of amides is 1. The molecule has 0 aliphatic carbocycles. The van der Waals surface area contributed by atoms with Gasteiger partial charge >= 0.3 is 0 Å². The van der Waals surface area contributed by atoms with Gasteiger partial charge in [0, 0.05) is 31.9 Å². The summed E-state index contributed by atoms with van der Waals surface area (Å²) >= 11 is 1.65. The first-order valence-electron chi connectivity index (χ1n) is 9.48. The highest BCUT2D eigenvalue weighted by molar-refractivity contribution is 7.98. The van der Waals surface area contributed by atoms with Crippen molar-refractivity contribution in [3.8, 4) is 0 Å². The van der Waals surface area contributed by atoms with E-state index in [1.165, 1.54) is 17.7 Å². The fourth-order valence-electron chi connectivity index (χ4n) is 3.24. The molecule has 0 radical (unpaired) electrons. The quantitative estimate of drug-likeness (QED) is 0.600. The molecule has 3 aromatic rings. The van der Waals surface area contributed by atoms with Crippen LogP contribution in [0.2, 0.25) is 0 Å². The van der Waals surface area contributed by atoms with Gasteiger partial charge in [0.25, 0.3) is 5.91 Å². The Bertz CT molecular complexity index is 977. The minimum absolute atomic E-state index is 0.125. The summed E-state index contributed by atoms with van der Waals surface area (Å²) in [7, 11) is 0. The summed E-state index contributed by atoms with van der Waals surface area (Å²) in [5.74, 6) is 0.903. The zero-order valence-electron chi connectivity index (χ0n) is 15.9. The third-order valence-electron chi connectivity index (χ3n) is 4.82. The Balaban J connectivity index is 1.36. The zero-order chi connectivity index (χ0) is 20.1. The van der Waals surface area contributed by atoms with Gasteiger partial charge in [-0.2, -0.15) is 0 Å². The Labute approximate surface area is 173 Å². The molecule has 2 aromatic carbocycles. The SMILES string of the molecule is O=C(c1ccccc1F)N1CCN(c2cncc(SCc3ccccc3)n2)CC1. The number of carbonyl (C=O) groups excluding carboxylic acids is 1. The topological polar surface area (TPSA) is 49.3 Å². The highest BCUT2D eigenvalue weighted by Crippen LogP contribution is 2.23. The fraction of sp³-hybridized carbons (Fsp3) is 0.227. The first-order chi connectivity index (χ1) is 14.2. The second-order valence-electron chi connectivity index (χ2n) is 6.75. The lowest BCUT2D eigenvalue weighted by Gasteiger charge is -2.35. The molecule has 1 saturated heterocycles. The van der Waals surface area contributed by atoms with Crippen molar-refractivity contribution in [1.82, 2.24) is 14.9 Å². The van der Waals surface area contributed by atoms with Crippen LogP contribution in [-0.4, -0.2) is 47.0 Å². The Kier molecular flexibility index (Phi) is 6.05. The summed E-state index contributed by atoms with van der Waals surface area (Å²) in [4.78, 5) is 25.4. The average Bonchev–Trinajstić information content (AvgIpc) is 2.79. The fourth-order valence-corrected chi connectivity index (χ4v) is 4.04. The Morgan fingerprint density at radius 2 is 1.69 bits per heavy atom. The van der Waals surface area contributed by atoms with Gasteiger partial charge in [-0.1, -0.05) is 42.5 Å². The van der Waals surface area contributed by atoms with Crippen molar-refractivity contribution in [2.24, 2.45) is 0 Å². The van der Waals surface area contributed by atoms with E-state index < -0.39 is 5.82 Å². The molecular weight excluding hydrogens is 387 g/mol. The zero-order valence-corrected chi connectivity index (χ0v) is 16.7. The molecule has 0 N–H and O–H groups in total. The maximum Gasteiger partial charge on any atom is 0.256 e. The van der Waals surface area contributed by atoms with Gasteiger partial charge in [-0.05, 0) is 17.7 Å². The first-order valence-corrected chi connectivity index (χ1v) is 10.5. The van der Waals surface area contributed by atoms with Gasteiger partial charge in [-0.3, -0.25) is 9.78 Å². The van der Waals surface area contributed by atoms with Crippen molar-refractivity contribution in [3.05, 3.63) is 83.9 Å². The number of nitrogens with zero attached hydrogens (tertiary/aromatic N) is 4. The third kappa shape index (κ3) is 4.74. The van der Waals surface area contributed by atoms with Gasteiger partial charge < -0.3 is 9.80 Å². The van der Waals surface area contributed by atoms with Crippen molar-refractivity contribution in [1.29, 1.82) is 0 Å². The maximum atomic E-state index is 13.9. The molecule has 4 rings (SSSR count). The monoisotopic (exact) mass is 408 g/mol. The van der Waals surface area contributed by atoms with Gasteiger partial charge in [-0.15, -0.1) is 11.8 Å². The first kappa shape index (κ1) is 19.4. The van der Waals surface area contributed by atoms with E-state index in [0.29, 0.717) is 26.2 Å². The summed E-state index contributed by atoms with van der Waals surface area (Å²) in [5, 5.41) is 0.871. The van der Waals surface area contributed by atoms with E-state index in [1.807, 2.05) is 18.2 Å². The number of thioether (sulfide) groups is 1. The number of hydrogen-bond acceptors (Lipinski definition) is 5. The van der Waals surface area contributed by atoms with Crippen LogP contribution in [0.5, 0.6) is 0 Å². The van der Waals surface area contributed by atoms with Crippen LogP contribution in [0.4, 0.5) is 10.2 Å². The van der Waals surface area contributed by atoms with Gasteiger partial charge in [0.05, 0.1) is 18.0 Å². The van der Waals surface area contributed by atoms with E-state index in [2.05, 4.69) is 22.0 Å². The second kappa shape index (κ2) is 9.05. The van der Waals surface area contributed by atoms with Crippen LogP contribution in [0.3, 0.4) is 0 Å². The maximum absolute atomic E-state index is 13.9. The predicted molar refractivity (Wildman–Crippen MR) is 113 cm³/mol. The van der Waals surface area contributed by atoms with E-state index in [1.54, 1.807) is 41.2 Å². The van der Waals surface area contributed by atoms with Crippen LogP contribution in [0.15, 0.2) is 72.0 Å². The van der Waals surface area contributed by atoms with Crippen molar-refractivity contribution in [2.75, 3.05) is 31.1 Å². The number of carbonyl (C=O) groups is 1. The Morgan fingerprint density at radius 1 is 0.966 bits per heavy atom. The van der Waals surface area contributed by atoms with Gasteiger partial charge in [-0.25, -0.2) is 9.37 Å². The highest BCUT2D eigenvalue weighted by Gasteiger charge is 2.24. The van der Waals surface area contributed by atoms with Crippen LogP contribution >= 0.6 is 11.8 Å². The molecule has 1 amide bonds. The number of rotatable bonds is 5. The predicted octanol–water partition coefficient (Wildman–Crippen LogP) is 3.87. The molecule has 29 heavy (non-hydrogen) atoms. The third-order valence-corrected chi connectivity index (χ3v) is 5.79. The second-order valence-corrected chi connectivity index (χ2v) is 7.74. The molecule has 0 atom stereocenters.